The van der Waals surface area contributed by atoms with Gasteiger partial charge in [-0.15, -0.1) is 0 Å². The molecule has 1 aliphatic rings. The van der Waals surface area contributed by atoms with Gasteiger partial charge in [-0.3, -0.25) is 4.79 Å². The van der Waals surface area contributed by atoms with Crippen LogP contribution in [-0.2, 0) is 11.2 Å². The maximum atomic E-state index is 11.4. The van der Waals surface area contributed by atoms with Crippen LogP contribution >= 0.6 is 0 Å². The van der Waals surface area contributed by atoms with Crippen LogP contribution < -0.4 is 0 Å². The normalized spacial score (nSPS) is 14.2. The van der Waals surface area contributed by atoms with Crippen LogP contribution in [-0.4, -0.2) is 6.29 Å². The molecule has 0 saturated carbocycles. The lowest BCUT2D eigenvalue weighted by atomic mass is 9.82. The van der Waals surface area contributed by atoms with Crippen molar-refractivity contribution >= 4 is 11.9 Å². The van der Waals surface area contributed by atoms with Gasteiger partial charge in [-0.05, 0) is 42.0 Å². The average Bonchev–Trinajstić information content (AvgIpc) is 2.46. The molecule has 2 aromatic carbocycles. The van der Waals surface area contributed by atoms with E-state index in [1.54, 1.807) is 0 Å². The van der Waals surface area contributed by atoms with Crippen molar-refractivity contribution in [1.29, 1.82) is 0 Å². The first-order valence-corrected chi connectivity index (χ1v) is 6.63. The molecule has 0 heterocycles. The SMILES string of the molecule is Cc1cccc(C2=C(C=O)CCc3ccccc32)c1. The Balaban J connectivity index is 2.25. The highest BCUT2D eigenvalue weighted by Crippen LogP contribution is 2.35. The predicted octanol–water partition coefficient (Wildman–Crippen LogP) is 3.94. The van der Waals surface area contributed by atoms with E-state index in [2.05, 4.69) is 49.4 Å². The maximum absolute atomic E-state index is 11.4. The molecule has 0 aliphatic heterocycles. The van der Waals surface area contributed by atoms with Crippen molar-refractivity contribution in [3.8, 4) is 0 Å². The molecule has 19 heavy (non-hydrogen) atoms. The Bertz CT molecular complexity index is 665. The summed E-state index contributed by atoms with van der Waals surface area (Å²) in [4.78, 5) is 11.4. The van der Waals surface area contributed by atoms with Crippen molar-refractivity contribution in [2.75, 3.05) is 0 Å². The second-order valence-electron chi connectivity index (χ2n) is 5.04. The van der Waals surface area contributed by atoms with Crippen molar-refractivity contribution < 1.29 is 4.79 Å². The molecular formula is C18H16O. The van der Waals surface area contributed by atoms with Crippen molar-refractivity contribution in [2.45, 2.75) is 19.8 Å². The molecule has 0 amide bonds. The Labute approximate surface area is 113 Å². The fourth-order valence-electron chi connectivity index (χ4n) is 2.81. The molecule has 0 bridgehead atoms. The Kier molecular flexibility index (Phi) is 3.04. The zero-order valence-electron chi connectivity index (χ0n) is 11.0. The lowest BCUT2D eigenvalue weighted by molar-refractivity contribution is -0.105. The summed E-state index contributed by atoms with van der Waals surface area (Å²) in [6.45, 7) is 2.08. The Morgan fingerprint density at radius 1 is 1.00 bits per heavy atom. The number of benzene rings is 2. The smallest absolute Gasteiger partial charge is 0.146 e. The van der Waals surface area contributed by atoms with Crippen LogP contribution in [0.25, 0.3) is 5.57 Å². The maximum Gasteiger partial charge on any atom is 0.146 e. The predicted molar refractivity (Wildman–Crippen MR) is 78.0 cm³/mol. The molecule has 0 radical (unpaired) electrons. The highest BCUT2D eigenvalue weighted by atomic mass is 16.1. The van der Waals surface area contributed by atoms with Gasteiger partial charge in [0, 0.05) is 5.57 Å². The van der Waals surface area contributed by atoms with Crippen LogP contribution in [0, 0.1) is 6.92 Å². The van der Waals surface area contributed by atoms with Crippen LogP contribution in [0.1, 0.15) is 28.7 Å². The summed E-state index contributed by atoms with van der Waals surface area (Å²) < 4.78 is 0. The number of hydrogen-bond donors (Lipinski definition) is 0. The highest BCUT2D eigenvalue weighted by molar-refractivity contribution is 5.96. The fraction of sp³-hybridized carbons (Fsp3) is 0.167. The Hall–Kier alpha value is -2.15. The molecule has 0 aromatic heterocycles. The third kappa shape index (κ3) is 2.12. The van der Waals surface area contributed by atoms with E-state index in [9.17, 15) is 4.79 Å². The van der Waals surface area contributed by atoms with Gasteiger partial charge in [-0.25, -0.2) is 0 Å². The number of allylic oxidation sites excluding steroid dienone is 1. The summed E-state index contributed by atoms with van der Waals surface area (Å²) in [5.74, 6) is 0. The number of aldehydes is 1. The topological polar surface area (TPSA) is 17.1 Å². The molecule has 0 spiro atoms. The minimum absolute atomic E-state index is 0.837. The van der Waals surface area contributed by atoms with Crippen LogP contribution in [0.4, 0.5) is 0 Å². The number of carbonyl (C=O) groups excluding carboxylic acids is 1. The lowest BCUT2D eigenvalue weighted by Gasteiger charge is -2.21. The summed E-state index contributed by atoms with van der Waals surface area (Å²) in [5, 5.41) is 0. The van der Waals surface area contributed by atoms with Gasteiger partial charge in [-0.2, -0.15) is 0 Å². The molecular weight excluding hydrogens is 232 g/mol. The molecule has 2 aromatic rings. The van der Waals surface area contributed by atoms with Gasteiger partial charge in [0.1, 0.15) is 6.29 Å². The first-order valence-electron chi connectivity index (χ1n) is 6.63. The van der Waals surface area contributed by atoms with E-state index in [0.29, 0.717) is 0 Å². The second-order valence-corrected chi connectivity index (χ2v) is 5.04. The van der Waals surface area contributed by atoms with E-state index >= 15 is 0 Å². The van der Waals surface area contributed by atoms with Gasteiger partial charge < -0.3 is 0 Å². The minimum Gasteiger partial charge on any atom is -0.298 e. The van der Waals surface area contributed by atoms with Gasteiger partial charge in [0.25, 0.3) is 0 Å². The van der Waals surface area contributed by atoms with E-state index in [-0.39, 0.29) is 0 Å². The quantitative estimate of drug-likeness (QED) is 0.736. The third-order valence-corrected chi connectivity index (χ3v) is 3.72. The van der Waals surface area contributed by atoms with Crippen LogP contribution in [0.3, 0.4) is 0 Å². The van der Waals surface area contributed by atoms with E-state index in [0.717, 1.165) is 35.8 Å². The minimum atomic E-state index is 0.837. The largest absolute Gasteiger partial charge is 0.298 e. The van der Waals surface area contributed by atoms with Gasteiger partial charge in [0.05, 0.1) is 0 Å². The number of fused-ring (bicyclic) bond motifs is 1. The number of rotatable bonds is 2. The Morgan fingerprint density at radius 3 is 2.63 bits per heavy atom. The summed E-state index contributed by atoms with van der Waals surface area (Å²) >= 11 is 0. The zero-order valence-corrected chi connectivity index (χ0v) is 11.0. The van der Waals surface area contributed by atoms with E-state index in [4.69, 9.17) is 0 Å². The molecule has 0 unspecified atom stereocenters. The van der Waals surface area contributed by atoms with Crippen molar-refractivity contribution in [3.63, 3.8) is 0 Å². The number of hydrogen-bond acceptors (Lipinski definition) is 1. The molecule has 3 rings (SSSR count). The second kappa shape index (κ2) is 4.85. The van der Waals surface area contributed by atoms with Crippen molar-refractivity contribution in [3.05, 3.63) is 76.4 Å². The number of aryl methyl sites for hydroxylation is 2. The molecule has 1 nitrogen and oxygen atoms in total. The standard InChI is InChI=1S/C18H16O/c1-13-5-4-7-15(11-13)18-16(12-19)10-9-14-6-2-3-8-17(14)18/h2-8,11-12H,9-10H2,1H3. The van der Waals surface area contributed by atoms with Crippen LogP contribution in [0.5, 0.6) is 0 Å². The van der Waals surface area contributed by atoms with Gasteiger partial charge in [-0.1, -0.05) is 54.1 Å². The molecule has 0 atom stereocenters. The Morgan fingerprint density at radius 2 is 1.84 bits per heavy atom. The van der Waals surface area contributed by atoms with E-state index in [1.165, 1.54) is 16.7 Å². The summed E-state index contributed by atoms with van der Waals surface area (Å²) in [6, 6.07) is 16.8. The fourth-order valence-corrected chi connectivity index (χ4v) is 2.81. The zero-order chi connectivity index (χ0) is 13.2. The van der Waals surface area contributed by atoms with Crippen LogP contribution in [0.15, 0.2) is 54.1 Å². The molecule has 0 saturated heterocycles. The van der Waals surface area contributed by atoms with Gasteiger partial charge >= 0.3 is 0 Å². The molecule has 1 aliphatic carbocycles. The average molecular weight is 248 g/mol. The van der Waals surface area contributed by atoms with Crippen LogP contribution in [0.2, 0.25) is 0 Å². The first-order chi connectivity index (χ1) is 9.29. The first kappa shape index (κ1) is 11.9. The summed E-state index contributed by atoms with van der Waals surface area (Å²) in [5.41, 5.74) is 6.95. The van der Waals surface area contributed by atoms with Gasteiger partial charge in [0.2, 0.25) is 0 Å². The van der Waals surface area contributed by atoms with Gasteiger partial charge in [0.15, 0.2) is 0 Å². The molecule has 1 heteroatoms. The molecule has 0 N–H and O–H groups in total. The highest BCUT2D eigenvalue weighted by Gasteiger charge is 2.19. The monoisotopic (exact) mass is 248 g/mol. The van der Waals surface area contributed by atoms with E-state index < -0.39 is 0 Å². The third-order valence-electron chi connectivity index (χ3n) is 3.72. The number of carbonyl (C=O) groups is 1. The van der Waals surface area contributed by atoms with E-state index in [1.807, 2.05) is 6.07 Å². The van der Waals surface area contributed by atoms with Crippen molar-refractivity contribution in [2.24, 2.45) is 0 Å². The molecule has 94 valence electrons. The lowest BCUT2D eigenvalue weighted by Crippen LogP contribution is -2.07. The summed E-state index contributed by atoms with van der Waals surface area (Å²) in [6.07, 6.45) is 2.82. The van der Waals surface area contributed by atoms with Crippen molar-refractivity contribution in [1.82, 2.24) is 0 Å². The summed E-state index contributed by atoms with van der Waals surface area (Å²) in [7, 11) is 0. The molecule has 0 fully saturated rings.